The van der Waals surface area contributed by atoms with Crippen molar-refractivity contribution in [2.45, 2.75) is 26.4 Å². The van der Waals surface area contributed by atoms with Gasteiger partial charge in [0.25, 0.3) is 0 Å². The Morgan fingerprint density at radius 3 is 2.75 bits per heavy atom. The number of aryl methyl sites for hydroxylation is 1. The van der Waals surface area contributed by atoms with Crippen molar-refractivity contribution in [2.75, 3.05) is 19.6 Å². The third-order valence-corrected chi connectivity index (χ3v) is 6.20. The highest BCUT2D eigenvalue weighted by Crippen LogP contribution is 2.34. The molecule has 0 spiro atoms. The first-order chi connectivity index (χ1) is 11.7. The minimum Gasteiger partial charge on any atom is -0.338 e. The van der Waals surface area contributed by atoms with Gasteiger partial charge in [0.2, 0.25) is 5.91 Å². The van der Waals surface area contributed by atoms with E-state index in [1.807, 2.05) is 28.4 Å². The fourth-order valence-electron chi connectivity index (χ4n) is 3.98. The molecule has 4 nitrogen and oxygen atoms in total. The zero-order valence-electron chi connectivity index (χ0n) is 14.0. The molecular formula is C19H23N3OS. The Bertz CT molecular complexity index is 714. The van der Waals surface area contributed by atoms with Gasteiger partial charge in [-0.1, -0.05) is 0 Å². The molecule has 4 rings (SSSR count). The number of piperidine rings is 1. The van der Waals surface area contributed by atoms with Crippen molar-refractivity contribution in [3.63, 3.8) is 0 Å². The number of pyridine rings is 1. The number of thiophene rings is 1. The average molecular weight is 341 g/mol. The fraction of sp³-hybridized carbons (Fsp3) is 0.474. The lowest BCUT2D eigenvalue weighted by Crippen LogP contribution is -2.44. The minimum absolute atomic E-state index is 0.182. The highest BCUT2D eigenvalue weighted by Gasteiger charge is 2.42. The molecule has 0 aliphatic carbocycles. The second-order valence-corrected chi connectivity index (χ2v) is 8.35. The Labute approximate surface area is 147 Å². The summed E-state index contributed by atoms with van der Waals surface area (Å²) >= 11 is 1.87. The van der Waals surface area contributed by atoms with Gasteiger partial charge in [0.15, 0.2) is 0 Å². The summed E-state index contributed by atoms with van der Waals surface area (Å²) in [6, 6.07) is 8.41. The van der Waals surface area contributed by atoms with Crippen LogP contribution in [0.5, 0.6) is 0 Å². The van der Waals surface area contributed by atoms with Gasteiger partial charge in [-0.3, -0.25) is 14.7 Å². The molecule has 2 saturated heterocycles. The fourth-order valence-corrected chi connectivity index (χ4v) is 4.92. The van der Waals surface area contributed by atoms with Gasteiger partial charge in [-0.15, -0.1) is 11.3 Å². The van der Waals surface area contributed by atoms with E-state index in [-0.39, 0.29) is 5.92 Å². The third-order valence-electron chi connectivity index (χ3n) is 5.21. The molecule has 24 heavy (non-hydrogen) atoms. The summed E-state index contributed by atoms with van der Waals surface area (Å²) in [7, 11) is 0. The zero-order chi connectivity index (χ0) is 16.5. The first-order valence-electron chi connectivity index (χ1n) is 8.64. The van der Waals surface area contributed by atoms with Crippen molar-refractivity contribution in [1.82, 2.24) is 14.8 Å². The van der Waals surface area contributed by atoms with Gasteiger partial charge in [-0.05, 0) is 49.1 Å². The number of rotatable bonds is 4. The maximum Gasteiger partial charge on any atom is 0.227 e. The van der Waals surface area contributed by atoms with Gasteiger partial charge >= 0.3 is 0 Å². The third kappa shape index (κ3) is 3.23. The lowest BCUT2D eigenvalue weighted by molar-refractivity contribution is -0.140. The molecule has 0 bridgehead atoms. The van der Waals surface area contributed by atoms with Crippen LogP contribution in [-0.2, 0) is 17.9 Å². The van der Waals surface area contributed by atoms with Gasteiger partial charge in [-0.2, -0.15) is 0 Å². The highest BCUT2D eigenvalue weighted by atomic mass is 32.1. The molecule has 0 radical (unpaired) electrons. The number of aromatic nitrogens is 1. The summed E-state index contributed by atoms with van der Waals surface area (Å²) in [6.45, 7) is 6.72. The van der Waals surface area contributed by atoms with Crippen LogP contribution in [0.2, 0.25) is 0 Å². The van der Waals surface area contributed by atoms with Gasteiger partial charge in [0, 0.05) is 54.9 Å². The molecule has 0 aromatic carbocycles. The molecule has 2 aromatic heterocycles. The van der Waals surface area contributed by atoms with Crippen LogP contribution >= 0.6 is 11.3 Å². The van der Waals surface area contributed by atoms with Crippen molar-refractivity contribution in [3.8, 4) is 0 Å². The monoisotopic (exact) mass is 341 g/mol. The summed E-state index contributed by atoms with van der Waals surface area (Å²) < 4.78 is 0. The maximum absolute atomic E-state index is 12.9. The van der Waals surface area contributed by atoms with Crippen LogP contribution in [0.25, 0.3) is 0 Å². The smallest absolute Gasteiger partial charge is 0.227 e. The van der Waals surface area contributed by atoms with Crippen molar-refractivity contribution in [3.05, 3.63) is 52.0 Å². The normalized spacial score (nSPS) is 24.4. The molecule has 126 valence electrons. The first kappa shape index (κ1) is 15.8. The summed E-state index contributed by atoms with van der Waals surface area (Å²) in [4.78, 5) is 24.2. The van der Waals surface area contributed by atoms with Crippen LogP contribution in [0.1, 0.15) is 21.7 Å². The second kappa shape index (κ2) is 6.65. The van der Waals surface area contributed by atoms with Crippen LogP contribution in [0.15, 0.2) is 36.7 Å². The lowest BCUT2D eigenvalue weighted by atomic mass is 9.88. The number of hydrogen-bond donors (Lipinski definition) is 0. The highest BCUT2D eigenvalue weighted by molar-refractivity contribution is 7.11. The Morgan fingerprint density at radius 1 is 1.17 bits per heavy atom. The number of nitrogens with zero attached hydrogens (tertiary/aromatic N) is 3. The Morgan fingerprint density at radius 2 is 2.00 bits per heavy atom. The van der Waals surface area contributed by atoms with Gasteiger partial charge in [-0.25, -0.2) is 0 Å². The molecule has 2 aliphatic heterocycles. The Hall–Kier alpha value is -1.72. The summed E-state index contributed by atoms with van der Waals surface area (Å²) in [6.07, 6.45) is 4.72. The molecule has 2 aromatic rings. The molecule has 1 amide bonds. The van der Waals surface area contributed by atoms with Crippen molar-refractivity contribution in [1.29, 1.82) is 0 Å². The molecule has 5 heteroatoms. The maximum atomic E-state index is 12.9. The predicted octanol–water partition coefficient (Wildman–Crippen LogP) is 2.93. The second-order valence-electron chi connectivity index (χ2n) is 6.98. The molecular weight excluding hydrogens is 318 g/mol. The molecule has 0 unspecified atom stereocenters. The molecule has 0 saturated carbocycles. The largest absolute Gasteiger partial charge is 0.338 e. The quantitative estimate of drug-likeness (QED) is 0.858. The predicted molar refractivity (Wildman–Crippen MR) is 95.6 cm³/mol. The molecule has 0 N–H and O–H groups in total. The van der Waals surface area contributed by atoms with E-state index in [0.717, 1.165) is 32.6 Å². The Balaban J connectivity index is 1.40. The van der Waals surface area contributed by atoms with Gasteiger partial charge in [0.1, 0.15) is 0 Å². The number of carbonyl (C=O) groups is 1. The SMILES string of the molecule is Cc1ccc(CN2C[C@@H]3CCN(Cc4ccncc4)C(=O)[C@H]3C2)s1. The standard InChI is InChI=1S/C19H23N3OS/c1-14-2-3-17(24-14)12-21-11-16-6-9-22(19(23)18(16)13-21)10-15-4-7-20-8-5-15/h2-5,7-8,16,18H,6,9-13H2,1H3/t16-,18-/m0/s1. The van der Waals surface area contributed by atoms with E-state index in [9.17, 15) is 4.79 Å². The van der Waals surface area contributed by atoms with Crippen LogP contribution in [0.3, 0.4) is 0 Å². The number of carbonyl (C=O) groups excluding carboxylic acids is 1. The van der Waals surface area contributed by atoms with E-state index in [1.54, 1.807) is 12.4 Å². The zero-order valence-corrected chi connectivity index (χ0v) is 14.8. The van der Waals surface area contributed by atoms with Crippen LogP contribution in [0, 0.1) is 18.8 Å². The van der Waals surface area contributed by atoms with E-state index in [0.29, 0.717) is 18.4 Å². The molecule has 2 fully saturated rings. The van der Waals surface area contributed by atoms with Crippen molar-refractivity contribution in [2.24, 2.45) is 11.8 Å². The minimum atomic E-state index is 0.182. The van der Waals surface area contributed by atoms with Crippen molar-refractivity contribution < 1.29 is 4.79 Å². The van der Waals surface area contributed by atoms with E-state index in [4.69, 9.17) is 0 Å². The molecule has 4 heterocycles. The number of amides is 1. The summed E-state index contributed by atoms with van der Waals surface area (Å²) in [5.41, 5.74) is 1.17. The van der Waals surface area contributed by atoms with E-state index in [1.165, 1.54) is 15.3 Å². The van der Waals surface area contributed by atoms with Crippen LogP contribution < -0.4 is 0 Å². The molecule has 2 aliphatic rings. The Kier molecular flexibility index (Phi) is 4.37. The average Bonchev–Trinajstić information content (AvgIpc) is 3.18. The topological polar surface area (TPSA) is 36.4 Å². The van der Waals surface area contributed by atoms with E-state index >= 15 is 0 Å². The number of fused-ring (bicyclic) bond motifs is 1. The summed E-state index contributed by atoms with van der Waals surface area (Å²) in [5, 5.41) is 0. The summed E-state index contributed by atoms with van der Waals surface area (Å²) in [5.74, 6) is 1.06. The molecule has 2 atom stereocenters. The van der Waals surface area contributed by atoms with E-state index < -0.39 is 0 Å². The first-order valence-corrected chi connectivity index (χ1v) is 9.46. The van der Waals surface area contributed by atoms with Crippen LogP contribution in [0.4, 0.5) is 0 Å². The van der Waals surface area contributed by atoms with Crippen LogP contribution in [-0.4, -0.2) is 40.3 Å². The number of hydrogen-bond acceptors (Lipinski definition) is 4. The van der Waals surface area contributed by atoms with Gasteiger partial charge in [0.05, 0.1) is 5.92 Å². The number of likely N-dealkylation sites (tertiary alicyclic amines) is 2. The van der Waals surface area contributed by atoms with Gasteiger partial charge < -0.3 is 4.90 Å². The lowest BCUT2D eigenvalue weighted by Gasteiger charge is -2.34. The van der Waals surface area contributed by atoms with E-state index in [2.05, 4.69) is 28.9 Å². The van der Waals surface area contributed by atoms with Crippen molar-refractivity contribution >= 4 is 17.2 Å².